The van der Waals surface area contributed by atoms with E-state index in [1.807, 2.05) is 0 Å². The zero-order valence-corrected chi connectivity index (χ0v) is 7.82. The first-order chi connectivity index (χ1) is 6.20. The summed E-state index contributed by atoms with van der Waals surface area (Å²) < 4.78 is 4.68. The molecule has 78 valence electrons. The third-order valence-corrected chi connectivity index (χ3v) is 1.40. The lowest BCUT2D eigenvalue weighted by Crippen LogP contribution is -2.31. The fraction of sp³-hybridized carbons (Fsp3) is 0.875. The second kappa shape index (κ2) is 7.97. The first kappa shape index (κ1) is 12.3. The van der Waals surface area contributed by atoms with Gasteiger partial charge in [-0.1, -0.05) is 0 Å². The summed E-state index contributed by atoms with van der Waals surface area (Å²) >= 11 is 0. The number of hydrogen-bond donors (Lipinski definition) is 3. The number of aliphatic hydroxyl groups excluding tert-OH is 2. The Labute approximate surface area is 77.7 Å². The van der Waals surface area contributed by atoms with Gasteiger partial charge in [0.15, 0.2) is 0 Å². The first-order valence-electron chi connectivity index (χ1n) is 4.36. The highest BCUT2D eigenvalue weighted by atomic mass is 16.5. The van der Waals surface area contributed by atoms with E-state index in [9.17, 15) is 4.79 Å². The van der Waals surface area contributed by atoms with Crippen LogP contribution in [0.25, 0.3) is 0 Å². The molecule has 0 heterocycles. The second-order valence-electron chi connectivity index (χ2n) is 2.60. The summed E-state index contributed by atoms with van der Waals surface area (Å²) in [6, 6.07) is 0. The fourth-order valence-corrected chi connectivity index (χ4v) is 0.757. The average Bonchev–Trinajstić information content (AvgIpc) is 2.12. The van der Waals surface area contributed by atoms with Gasteiger partial charge in [-0.2, -0.15) is 0 Å². The van der Waals surface area contributed by atoms with E-state index < -0.39 is 6.10 Å². The SMILES string of the molecule is CCOC(=O)CCNC[C@H](O)CO. The highest BCUT2D eigenvalue weighted by molar-refractivity contribution is 5.69. The maximum Gasteiger partial charge on any atom is 0.307 e. The summed E-state index contributed by atoms with van der Waals surface area (Å²) in [6.45, 7) is 2.61. The maximum absolute atomic E-state index is 10.8. The Kier molecular flexibility index (Phi) is 7.57. The molecule has 0 aliphatic rings. The van der Waals surface area contributed by atoms with Gasteiger partial charge in [-0.05, 0) is 6.92 Å². The van der Waals surface area contributed by atoms with Gasteiger partial charge in [-0.15, -0.1) is 0 Å². The van der Waals surface area contributed by atoms with Crippen LogP contribution in [0.4, 0.5) is 0 Å². The van der Waals surface area contributed by atoms with Gasteiger partial charge >= 0.3 is 5.97 Å². The van der Waals surface area contributed by atoms with Gasteiger partial charge in [0.05, 0.1) is 25.7 Å². The van der Waals surface area contributed by atoms with Crippen molar-refractivity contribution in [2.75, 3.05) is 26.3 Å². The van der Waals surface area contributed by atoms with Crippen LogP contribution in [0.2, 0.25) is 0 Å². The molecule has 0 aromatic carbocycles. The Bertz CT molecular complexity index is 140. The van der Waals surface area contributed by atoms with Crippen molar-refractivity contribution in [3.63, 3.8) is 0 Å². The minimum absolute atomic E-state index is 0.256. The van der Waals surface area contributed by atoms with E-state index in [1.54, 1.807) is 6.92 Å². The summed E-state index contributed by atoms with van der Waals surface area (Å²) in [7, 11) is 0. The van der Waals surface area contributed by atoms with Crippen molar-refractivity contribution >= 4 is 5.97 Å². The molecular weight excluding hydrogens is 174 g/mol. The molecule has 0 fully saturated rings. The van der Waals surface area contributed by atoms with Gasteiger partial charge in [-0.25, -0.2) is 0 Å². The van der Waals surface area contributed by atoms with E-state index in [2.05, 4.69) is 10.1 Å². The maximum atomic E-state index is 10.8. The lowest BCUT2D eigenvalue weighted by Gasteiger charge is -2.07. The molecule has 5 nitrogen and oxygen atoms in total. The molecular formula is C8H17NO4. The Morgan fingerprint density at radius 3 is 2.85 bits per heavy atom. The van der Waals surface area contributed by atoms with Crippen molar-refractivity contribution in [1.29, 1.82) is 0 Å². The lowest BCUT2D eigenvalue weighted by molar-refractivity contribution is -0.143. The number of nitrogens with one attached hydrogen (secondary N) is 1. The van der Waals surface area contributed by atoms with Crippen molar-refractivity contribution in [3.8, 4) is 0 Å². The Hall–Kier alpha value is -0.650. The fourth-order valence-electron chi connectivity index (χ4n) is 0.757. The van der Waals surface area contributed by atoms with Crippen LogP contribution in [-0.2, 0) is 9.53 Å². The number of aliphatic hydroxyl groups is 2. The van der Waals surface area contributed by atoms with Crippen molar-refractivity contribution in [2.45, 2.75) is 19.4 Å². The monoisotopic (exact) mass is 191 g/mol. The summed E-state index contributed by atoms with van der Waals surface area (Å²) in [5, 5.41) is 20.2. The van der Waals surface area contributed by atoms with Crippen LogP contribution in [-0.4, -0.2) is 48.6 Å². The molecule has 0 bridgehead atoms. The number of rotatable bonds is 7. The third-order valence-electron chi connectivity index (χ3n) is 1.40. The second-order valence-corrected chi connectivity index (χ2v) is 2.60. The standard InChI is InChI=1S/C8H17NO4/c1-2-13-8(12)3-4-9-5-7(11)6-10/h7,9-11H,2-6H2,1H3/t7-/m0/s1. The zero-order chi connectivity index (χ0) is 10.1. The molecule has 3 N–H and O–H groups in total. The molecule has 5 heteroatoms. The number of carbonyl (C=O) groups is 1. The molecule has 0 spiro atoms. The van der Waals surface area contributed by atoms with Crippen LogP contribution in [0.3, 0.4) is 0 Å². The molecule has 0 aliphatic heterocycles. The van der Waals surface area contributed by atoms with Gasteiger partial charge in [0, 0.05) is 13.1 Å². The van der Waals surface area contributed by atoms with Gasteiger partial charge in [0.2, 0.25) is 0 Å². The third kappa shape index (κ3) is 7.70. The van der Waals surface area contributed by atoms with E-state index >= 15 is 0 Å². The van der Waals surface area contributed by atoms with Crippen LogP contribution in [0, 0.1) is 0 Å². The van der Waals surface area contributed by atoms with Crippen molar-refractivity contribution < 1.29 is 19.7 Å². The molecule has 0 saturated carbocycles. The number of hydrogen-bond acceptors (Lipinski definition) is 5. The van der Waals surface area contributed by atoms with Gasteiger partial charge in [0.1, 0.15) is 0 Å². The van der Waals surface area contributed by atoms with Gasteiger partial charge in [-0.3, -0.25) is 4.79 Å². The van der Waals surface area contributed by atoms with Crippen LogP contribution in [0.1, 0.15) is 13.3 Å². The van der Waals surface area contributed by atoms with Gasteiger partial charge < -0.3 is 20.3 Å². The summed E-state index contributed by atoms with van der Waals surface area (Å²) in [5.74, 6) is -0.256. The average molecular weight is 191 g/mol. The minimum atomic E-state index is -0.762. The molecule has 0 aliphatic carbocycles. The summed E-state index contributed by atoms with van der Waals surface area (Å²) in [5.41, 5.74) is 0. The summed E-state index contributed by atoms with van der Waals surface area (Å²) in [6.07, 6.45) is -0.478. The predicted molar refractivity (Wildman–Crippen MR) is 47.2 cm³/mol. The quantitative estimate of drug-likeness (QED) is 0.351. The molecule has 0 rings (SSSR count). The Balaban J connectivity index is 3.20. The molecule has 13 heavy (non-hydrogen) atoms. The summed E-state index contributed by atoms with van der Waals surface area (Å²) in [4.78, 5) is 10.8. The molecule has 0 amide bonds. The van der Waals surface area contributed by atoms with Crippen LogP contribution in [0.5, 0.6) is 0 Å². The molecule has 1 atom stereocenters. The molecule has 0 aromatic heterocycles. The van der Waals surface area contributed by atoms with Crippen LogP contribution >= 0.6 is 0 Å². The van der Waals surface area contributed by atoms with E-state index in [1.165, 1.54) is 0 Å². The highest BCUT2D eigenvalue weighted by Crippen LogP contribution is 1.84. The first-order valence-corrected chi connectivity index (χ1v) is 4.36. The molecule has 0 aromatic rings. The van der Waals surface area contributed by atoms with Crippen molar-refractivity contribution in [2.24, 2.45) is 0 Å². The van der Waals surface area contributed by atoms with E-state index in [0.29, 0.717) is 13.2 Å². The van der Waals surface area contributed by atoms with E-state index in [0.717, 1.165) is 0 Å². The highest BCUT2D eigenvalue weighted by Gasteiger charge is 2.03. The number of esters is 1. The molecule has 0 saturated heterocycles. The molecule has 0 unspecified atom stereocenters. The smallest absolute Gasteiger partial charge is 0.307 e. The topological polar surface area (TPSA) is 78.8 Å². The zero-order valence-electron chi connectivity index (χ0n) is 7.82. The minimum Gasteiger partial charge on any atom is -0.466 e. The molecule has 0 radical (unpaired) electrons. The van der Waals surface area contributed by atoms with E-state index in [4.69, 9.17) is 10.2 Å². The normalized spacial score (nSPS) is 12.5. The number of ether oxygens (including phenoxy) is 1. The Morgan fingerprint density at radius 1 is 1.62 bits per heavy atom. The Morgan fingerprint density at radius 2 is 2.31 bits per heavy atom. The van der Waals surface area contributed by atoms with E-state index in [-0.39, 0.29) is 25.5 Å². The van der Waals surface area contributed by atoms with Crippen molar-refractivity contribution in [3.05, 3.63) is 0 Å². The van der Waals surface area contributed by atoms with Gasteiger partial charge in [0.25, 0.3) is 0 Å². The number of carbonyl (C=O) groups excluding carboxylic acids is 1. The van der Waals surface area contributed by atoms with Crippen LogP contribution < -0.4 is 5.32 Å². The van der Waals surface area contributed by atoms with Crippen molar-refractivity contribution in [1.82, 2.24) is 5.32 Å². The van der Waals surface area contributed by atoms with Crippen LogP contribution in [0.15, 0.2) is 0 Å². The predicted octanol–water partition coefficient (Wildman–Crippen LogP) is -1.12. The largest absolute Gasteiger partial charge is 0.466 e. The lowest BCUT2D eigenvalue weighted by atomic mass is 10.3.